The maximum Gasteiger partial charge on any atom is 0.122 e. The molecule has 0 atom stereocenters. The third-order valence-electron chi connectivity index (χ3n) is 3.20. The third kappa shape index (κ3) is 7.84. The van der Waals surface area contributed by atoms with Gasteiger partial charge in [-0.25, -0.2) is 0 Å². The highest BCUT2D eigenvalue weighted by atomic mass is 79.9. The van der Waals surface area contributed by atoms with Crippen LogP contribution in [0.5, 0.6) is 5.75 Å². The molecule has 1 rings (SSSR count). The van der Waals surface area contributed by atoms with Crippen LogP contribution in [0.1, 0.15) is 45.1 Å². The number of rotatable bonds is 11. The smallest absolute Gasteiger partial charge is 0.122 e. The van der Waals surface area contributed by atoms with E-state index in [2.05, 4.69) is 48.1 Å². The molecule has 0 amide bonds. The van der Waals surface area contributed by atoms with Crippen molar-refractivity contribution in [1.82, 2.24) is 5.32 Å². The Morgan fingerprint density at radius 3 is 2.62 bits per heavy atom. The van der Waals surface area contributed by atoms with Gasteiger partial charge in [-0.1, -0.05) is 43.1 Å². The van der Waals surface area contributed by atoms with Gasteiger partial charge in [-0.15, -0.1) is 0 Å². The molecule has 0 spiro atoms. The van der Waals surface area contributed by atoms with Gasteiger partial charge in [-0.3, -0.25) is 0 Å². The van der Waals surface area contributed by atoms with Crippen molar-refractivity contribution in [3.05, 3.63) is 28.2 Å². The molecule has 0 aliphatic carbocycles. The summed E-state index contributed by atoms with van der Waals surface area (Å²) in [4.78, 5) is 0. The topological polar surface area (TPSA) is 30.5 Å². The van der Waals surface area contributed by atoms with Gasteiger partial charge < -0.3 is 14.8 Å². The Kier molecular flexibility index (Phi) is 9.72. The molecule has 0 radical (unpaired) electrons. The molecule has 4 heteroatoms. The molecular weight excluding hydrogens is 330 g/mol. The van der Waals surface area contributed by atoms with Crippen LogP contribution in [0.4, 0.5) is 0 Å². The first kappa shape index (κ1) is 18.5. The molecule has 120 valence electrons. The van der Waals surface area contributed by atoms with Gasteiger partial charge in [0.15, 0.2) is 0 Å². The van der Waals surface area contributed by atoms with Crippen molar-refractivity contribution in [2.45, 2.75) is 39.5 Å². The first-order valence-corrected chi connectivity index (χ1v) is 8.65. The van der Waals surface area contributed by atoms with Crippen molar-refractivity contribution in [2.75, 3.05) is 32.9 Å². The molecule has 1 aromatic rings. The number of nitrogens with one attached hydrogen (secondary N) is 1. The second-order valence-corrected chi connectivity index (χ2v) is 6.32. The minimum Gasteiger partial charge on any atom is -0.492 e. The maximum atomic E-state index is 5.87. The van der Waals surface area contributed by atoms with E-state index in [9.17, 15) is 0 Å². The fraction of sp³-hybridized carbons (Fsp3) is 0.647. The van der Waals surface area contributed by atoms with Gasteiger partial charge in [0, 0.05) is 24.2 Å². The first-order valence-electron chi connectivity index (χ1n) is 7.85. The van der Waals surface area contributed by atoms with Gasteiger partial charge in [0.25, 0.3) is 0 Å². The summed E-state index contributed by atoms with van der Waals surface area (Å²) in [6.07, 6.45) is 2.33. The van der Waals surface area contributed by atoms with E-state index in [1.165, 1.54) is 12.0 Å². The first-order chi connectivity index (χ1) is 10.1. The molecule has 1 N–H and O–H groups in total. The van der Waals surface area contributed by atoms with Crippen LogP contribution < -0.4 is 10.1 Å². The van der Waals surface area contributed by atoms with Crippen LogP contribution in [0, 0.1) is 0 Å². The molecule has 21 heavy (non-hydrogen) atoms. The molecule has 0 aliphatic heterocycles. The highest BCUT2D eigenvalue weighted by Gasteiger charge is 2.08. The van der Waals surface area contributed by atoms with Crippen LogP contribution in [0.2, 0.25) is 0 Å². The Hall–Kier alpha value is -0.580. The predicted molar refractivity (Wildman–Crippen MR) is 92.3 cm³/mol. The summed E-state index contributed by atoms with van der Waals surface area (Å²) in [7, 11) is 0. The minimum atomic E-state index is 0.456. The zero-order valence-corrected chi connectivity index (χ0v) is 15.0. The van der Waals surface area contributed by atoms with E-state index in [1.54, 1.807) is 0 Å². The van der Waals surface area contributed by atoms with Gasteiger partial charge in [-0.2, -0.15) is 0 Å². The molecule has 0 saturated carbocycles. The SMILES string of the molecule is CCCCOCCNCCOc1ccc(Br)cc1C(C)C. The summed E-state index contributed by atoms with van der Waals surface area (Å²) in [5.74, 6) is 1.44. The zero-order chi connectivity index (χ0) is 15.5. The van der Waals surface area contributed by atoms with E-state index >= 15 is 0 Å². The average molecular weight is 358 g/mol. The summed E-state index contributed by atoms with van der Waals surface area (Å²) in [5.41, 5.74) is 1.24. The highest BCUT2D eigenvalue weighted by Crippen LogP contribution is 2.29. The summed E-state index contributed by atoms with van der Waals surface area (Å²) in [6.45, 7) is 10.6. The Labute approximate surface area is 137 Å². The standard InChI is InChI=1S/C17H28BrNO2/c1-4-5-10-20-11-8-19-9-12-21-17-7-6-15(18)13-16(17)14(2)3/h6-7,13-14,19H,4-5,8-12H2,1-3H3. The third-order valence-corrected chi connectivity index (χ3v) is 3.69. The minimum absolute atomic E-state index is 0.456. The summed E-state index contributed by atoms with van der Waals surface area (Å²) >= 11 is 3.51. The van der Waals surface area contributed by atoms with Crippen LogP contribution in [0.25, 0.3) is 0 Å². The quantitative estimate of drug-likeness (QED) is 0.597. The average Bonchev–Trinajstić information content (AvgIpc) is 2.46. The molecule has 3 nitrogen and oxygen atoms in total. The molecule has 0 unspecified atom stereocenters. The number of benzene rings is 1. The lowest BCUT2D eigenvalue weighted by molar-refractivity contribution is 0.132. The van der Waals surface area contributed by atoms with E-state index in [-0.39, 0.29) is 0 Å². The largest absolute Gasteiger partial charge is 0.492 e. The van der Waals surface area contributed by atoms with Crippen molar-refractivity contribution >= 4 is 15.9 Å². The molecule has 0 saturated heterocycles. The number of hydrogen-bond donors (Lipinski definition) is 1. The molecular formula is C17H28BrNO2. The molecule has 0 aliphatic rings. The molecule has 0 fully saturated rings. The van der Waals surface area contributed by atoms with Gasteiger partial charge in [-0.05, 0) is 36.1 Å². The Balaban J connectivity index is 2.18. The Morgan fingerprint density at radius 2 is 1.90 bits per heavy atom. The second kappa shape index (κ2) is 11.0. The van der Waals surface area contributed by atoms with Gasteiger partial charge in [0.1, 0.15) is 12.4 Å². The molecule has 1 aromatic carbocycles. The highest BCUT2D eigenvalue weighted by molar-refractivity contribution is 9.10. The fourth-order valence-electron chi connectivity index (χ4n) is 1.95. The lowest BCUT2D eigenvalue weighted by Gasteiger charge is -2.14. The summed E-state index contributed by atoms with van der Waals surface area (Å²) in [6, 6.07) is 6.19. The molecule has 0 aromatic heterocycles. The van der Waals surface area contributed by atoms with Crippen molar-refractivity contribution in [3.63, 3.8) is 0 Å². The maximum absolute atomic E-state index is 5.87. The van der Waals surface area contributed by atoms with Crippen molar-refractivity contribution in [3.8, 4) is 5.75 Å². The number of halogens is 1. The Morgan fingerprint density at radius 1 is 1.14 bits per heavy atom. The van der Waals surface area contributed by atoms with Gasteiger partial charge in [0.2, 0.25) is 0 Å². The van der Waals surface area contributed by atoms with Gasteiger partial charge in [0.05, 0.1) is 6.61 Å². The summed E-state index contributed by atoms with van der Waals surface area (Å²) < 4.78 is 12.5. The molecule has 0 heterocycles. The number of ether oxygens (including phenoxy) is 2. The van der Waals surface area contributed by atoms with Crippen molar-refractivity contribution < 1.29 is 9.47 Å². The van der Waals surface area contributed by atoms with Crippen molar-refractivity contribution in [2.24, 2.45) is 0 Å². The fourth-order valence-corrected chi connectivity index (χ4v) is 2.33. The van der Waals surface area contributed by atoms with Crippen LogP contribution in [0.3, 0.4) is 0 Å². The number of unbranched alkanes of at least 4 members (excludes halogenated alkanes) is 1. The van der Waals surface area contributed by atoms with Crippen LogP contribution in [-0.2, 0) is 4.74 Å². The lowest BCUT2D eigenvalue weighted by Crippen LogP contribution is -2.25. The zero-order valence-electron chi connectivity index (χ0n) is 13.5. The monoisotopic (exact) mass is 357 g/mol. The van der Waals surface area contributed by atoms with E-state index < -0.39 is 0 Å². The summed E-state index contributed by atoms with van der Waals surface area (Å²) in [5, 5.41) is 3.33. The normalized spacial score (nSPS) is 11.1. The Bertz CT molecular complexity index is 396. The van der Waals surface area contributed by atoms with E-state index in [4.69, 9.17) is 9.47 Å². The van der Waals surface area contributed by atoms with E-state index in [0.29, 0.717) is 12.5 Å². The van der Waals surface area contributed by atoms with Crippen molar-refractivity contribution in [1.29, 1.82) is 0 Å². The van der Waals surface area contributed by atoms with Gasteiger partial charge >= 0.3 is 0 Å². The van der Waals surface area contributed by atoms with E-state index in [0.717, 1.165) is 42.9 Å². The van der Waals surface area contributed by atoms with Crippen LogP contribution in [0.15, 0.2) is 22.7 Å². The number of hydrogen-bond acceptors (Lipinski definition) is 3. The van der Waals surface area contributed by atoms with Crippen LogP contribution in [-0.4, -0.2) is 32.9 Å². The second-order valence-electron chi connectivity index (χ2n) is 5.40. The molecule has 0 bridgehead atoms. The predicted octanol–water partition coefficient (Wildman–Crippen LogP) is 4.36. The van der Waals surface area contributed by atoms with Crippen LogP contribution >= 0.6 is 15.9 Å². The van der Waals surface area contributed by atoms with E-state index in [1.807, 2.05) is 12.1 Å². The lowest BCUT2D eigenvalue weighted by atomic mass is 10.0.